The van der Waals surface area contributed by atoms with Crippen LogP contribution in [0.15, 0.2) is 35.9 Å². The Kier molecular flexibility index (Phi) is 3.14. The molecule has 2 nitrogen and oxygen atoms in total. The molecule has 0 N–H and O–H groups in total. The molecule has 3 saturated carbocycles. The fraction of sp³-hybridized carbons (Fsp3) is 0.600. The lowest BCUT2D eigenvalue weighted by molar-refractivity contribution is -0.135. The zero-order valence-corrected chi connectivity index (χ0v) is 16.2. The van der Waals surface area contributed by atoms with Crippen LogP contribution < -0.4 is 0 Å². The Morgan fingerprint density at radius 1 is 1.04 bits per heavy atom. The molecule has 0 saturated heterocycles. The van der Waals surface area contributed by atoms with E-state index >= 15 is 0 Å². The van der Waals surface area contributed by atoms with Crippen molar-refractivity contribution in [3.8, 4) is 0 Å². The molecule has 0 amide bonds. The summed E-state index contributed by atoms with van der Waals surface area (Å²) in [5, 5.41) is 0. The van der Waals surface area contributed by atoms with Crippen LogP contribution in [0.1, 0.15) is 68.9 Å². The van der Waals surface area contributed by atoms with Gasteiger partial charge in [-0.15, -0.1) is 0 Å². The minimum Gasteiger partial charge on any atom is -0.299 e. The Morgan fingerprint density at radius 3 is 2.78 bits per heavy atom. The zero-order chi connectivity index (χ0) is 18.4. The van der Waals surface area contributed by atoms with E-state index in [-0.39, 0.29) is 10.8 Å². The van der Waals surface area contributed by atoms with Gasteiger partial charge in [0.05, 0.1) is 0 Å². The Hall–Kier alpha value is -1.70. The molecule has 0 aromatic heterocycles. The fourth-order valence-electron chi connectivity index (χ4n) is 8.32. The van der Waals surface area contributed by atoms with E-state index in [4.69, 9.17) is 0 Å². The molecule has 140 valence electrons. The summed E-state index contributed by atoms with van der Waals surface area (Å²) in [7, 11) is 0. The van der Waals surface area contributed by atoms with Gasteiger partial charge in [-0.25, -0.2) is 0 Å². The van der Waals surface area contributed by atoms with Crippen LogP contribution in [0.2, 0.25) is 0 Å². The van der Waals surface area contributed by atoms with Gasteiger partial charge in [-0.1, -0.05) is 36.8 Å². The summed E-state index contributed by atoms with van der Waals surface area (Å²) >= 11 is 0. The van der Waals surface area contributed by atoms with Crippen molar-refractivity contribution in [3.05, 3.63) is 47.0 Å². The van der Waals surface area contributed by atoms with Crippen LogP contribution in [0.5, 0.6) is 0 Å². The molecule has 5 aliphatic carbocycles. The van der Waals surface area contributed by atoms with Crippen molar-refractivity contribution in [1.82, 2.24) is 0 Å². The number of fused-ring (bicyclic) bond motifs is 4. The molecule has 2 heteroatoms. The lowest BCUT2D eigenvalue weighted by atomic mass is 9.40. The second-order valence-electron chi connectivity index (χ2n) is 10.2. The fourth-order valence-corrected chi connectivity index (χ4v) is 8.32. The molecular weight excluding hydrogens is 332 g/mol. The molecule has 1 aromatic carbocycles. The van der Waals surface area contributed by atoms with Gasteiger partial charge in [-0.3, -0.25) is 9.59 Å². The van der Waals surface area contributed by atoms with E-state index in [1.54, 1.807) is 0 Å². The average Bonchev–Trinajstić information content (AvgIpc) is 2.97. The van der Waals surface area contributed by atoms with Crippen molar-refractivity contribution in [2.45, 2.75) is 64.2 Å². The first-order valence-electron chi connectivity index (χ1n) is 10.9. The van der Waals surface area contributed by atoms with E-state index in [9.17, 15) is 9.59 Å². The lowest BCUT2D eigenvalue weighted by Gasteiger charge is -2.63. The van der Waals surface area contributed by atoms with Crippen LogP contribution >= 0.6 is 0 Å². The molecule has 3 fully saturated rings. The number of carbonyl (C=O) groups is 2. The van der Waals surface area contributed by atoms with Gasteiger partial charge >= 0.3 is 0 Å². The highest BCUT2D eigenvalue weighted by molar-refractivity contribution is 5.92. The monoisotopic (exact) mass is 360 g/mol. The van der Waals surface area contributed by atoms with Gasteiger partial charge in [0.1, 0.15) is 5.78 Å². The average molecular weight is 360 g/mol. The molecule has 6 rings (SSSR count). The Labute approximate surface area is 161 Å². The normalized spacial score (nSPS) is 44.7. The first-order valence-corrected chi connectivity index (χ1v) is 10.9. The minimum absolute atomic E-state index is 0.122. The molecule has 0 radical (unpaired) electrons. The third-order valence-electron chi connectivity index (χ3n) is 9.33. The van der Waals surface area contributed by atoms with Crippen LogP contribution in [0.4, 0.5) is 0 Å². The van der Waals surface area contributed by atoms with Crippen molar-refractivity contribution < 1.29 is 9.59 Å². The van der Waals surface area contributed by atoms with E-state index in [1.165, 1.54) is 23.1 Å². The Bertz CT molecular complexity index is 895. The molecule has 5 aliphatic rings. The summed E-state index contributed by atoms with van der Waals surface area (Å²) in [4.78, 5) is 25.2. The second kappa shape index (κ2) is 5.21. The van der Waals surface area contributed by atoms with E-state index in [0.717, 1.165) is 38.5 Å². The molecule has 1 spiro atoms. The van der Waals surface area contributed by atoms with E-state index in [2.05, 4.69) is 31.2 Å². The van der Waals surface area contributed by atoms with Gasteiger partial charge in [-0.2, -0.15) is 0 Å². The van der Waals surface area contributed by atoms with E-state index < -0.39 is 0 Å². The molecule has 1 aromatic rings. The predicted octanol–water partition coefficient (Wildman–Crippen LogP) is 5.02. The summed E-state index contributed by atoms with van der Waals surface area (Å²) < 4.78 is 0. The van der Waals surface area contributed by atoms with Gasteiger partial charge in [-0.05, 0) is 84.8 Å². The van der Waals surface area contributed by atoms with E-state index in [0.29, 0.717) is 41.7 Å². The maximum atomic E-state index is 12.9. The summed E-state index contributed by atoms with van der Waals surface area (Å²) in [6.07, 6.45) is 10.0. The van der Waals surface area contributed by atoms with Crippen molar-refractivity contribution in [2.24, 2.45) is 28.6 Å². The Balaban J connectivity index is 1.58. The highest BCUT2D eigenvalue weighted by atomic mass is 16.1. The van der Waals surface area contributed by atoms with Crippen molar-refractivity contribution in [3.63, 3.8) is 0 Å². The first kappa shape index (κ1) is 16.3. The van der Waals surface area contributed by atoms with Crippen LogP contribution in [-0.4, -0.2) is 11.6 Å². The summed E-state index contributed by atoms with van der Waals surface area (Å²) in [6, 6.07) is 8.99. The molecule has 0 aliphatic heterocycles. The van der Waals surface area contributed by atoms with Gasteiger partial charge < -0.3 is 0 Å². The number of allylic oxidation sites excluding steroid dienone is 1. The molecule has 0 bridgehead atoms. The molecular formula is C25H28O2. The highest BCUT2D eigenvalue weighted by Gasteiger charge is 2.64. The number of rotatable bonds is 0. The highest BCUT2D eigenvalue weighted by Crippen LogP contribution is 2.70. The molecule has 27 heavy (non-hydrogen) atoms. The van der Waals surface area contributed by atoms with Gasteiger partial charge in [0.25, 0.3) is 0 Å². The largest absolute Gasteiger partial charge is 0.299 e. The standard InChI is InChI=1S/C25H28O2/c1-24-14-20-18-5-3-2-4-15(18)13-25-11-10-17(26)12-16(25)6-7-19(23(20)25)21(24)8-9-22(24)27/h2-5,12,19-21,23H,6-11,13-14H2,1H3/t19-,20+,21-,23+,24-,25+/m0/s1. The number of hydrogen-bond acceptors (Lipinski definition) is 2. The third kappa shape index (κ3) is 1.92. The topological polar surface area (TPSA) is 34.1 Å². The van der Waals surface area contributed by atoms with Crippen LogP contribution in [-0.2, 0) is 16.0 Å². The van der Waals surface area contributed by atoms with Gasteiger partial charge in [0.2, 0.25) is 0 Å². The summed E-state index contributed by atoms with van der Waals surface area (Å²) in [6.45, 7) is 2.28. The zero-order valence-electron chi connectivity index (χ0n) is 16.2. The van der Waals surface area contributed by atoms with Gasteiger partial charge in [0, 0.05) is 18.3 Å². The molecule has 6 atom stereocenters. The predicted molar refractivity (Wildman–Crippen MR) is 104 cm³/mol. The van der Waals surface area contributed by atoms with Crippen LogP contribution in [0.25, 0.3) is 0 Å². The quantitative estimate of drug-likeness (QED) is 0.651. The maximum absolute atomic E-state index is 12.9. The van der Waals surface area contributed by atoms with Crippen molar-refractivity contribution in [1.29, 1.82) is 0 Å². The second-order valence-corrected chi connectivity index (χ2v) is 10.2. The number of carbonyl (C=O) groups excluding carboxylic acids is 2. The number of ketones is 2. The van der Waals surface area contributed by atoms with Crippen LogP contribution in [0, 0.1) is 28.6 Å². The number of hydrogen-bond donors (Lipinski definition) is 0. The minimum atomic E-state index is -0.122. The molecule has 0 heterocycles. The van der Waals surface area contributed by atoms with E-state index in [1.807, 2.05) is 6.08 Å². The summed E-state index contributed by atoms with van der Waals surface area (Å²) in [5.41, 5.74) is 4.50. The SMILES string of the molecule is C[C@]12C[C@@H]3c4ccccc4C[C@]45CCC(=O)C=C4CC[C@H]([C@H]35)[C@@H]1CCC2=O. The van der Waals surface area contributed by atoms with Crippen molar-refractivity contribution >= 4 is 11.6 Å². The first-order chi connectivity index (χ1) is 13.0. The maximum Gasteiger partial charge on any atom is 0.155 e. The smallest absolute Gasteiger partial charge is 0.155 e. The molecule has 0 unspecified atom stereocenters. The third-order valence-corrected chi connectivity index (χ3v) is 9.33. The Morgan fingerprint density at radius 2 is 1.89 bits per heavy atom. The van der Waals surface area contributed by atoms with Crippen LogP contribution in [0.3, 0.4) is 0 Å². The van der Waals surface area contributed by atoms with Crippen molar-refractivity contribution in [2.75, 3.05) is 0 Å². The summed E-state index contributed by atoms with van der Waals surface area (Å²) in [5.74, 6) is 3.18. The lowest BCUT2D eigenvalue weighted by Crippen LogP contribution is -2.57. The number of Topliss-reactive ketones (excluding diaryl/α,β-unsaturated/α-hetero) is 1. The number of benzene rings is 1. The van der Waals surface area contributed by atoms with Gasteiger partial charge in [0.15, 0.2) is 5.78 Å².